The van der Waals surface area contributed by atoms with E-state index in [1.807, 2.05) is 0 Å². The Bertz CT molecular complexity index is 584. The molecule has 2 rings (SSSR count). The number of rotatable bonds is 5. The van der Waals surface area contributed by atoms with Gasteiger partial charge in [-0.15, -0.1) is 0 Å². The summed E-state index contributed by atoms with van der Waals surface area (Å²) < 4.78 is 1.15. The Labute approximate surface area is 120 Å². The Balaban J connectivity index is 2.15. The lowest BCUT2D eigenvalue weighted by atomic mass is 9.93. The van der Waals surface area contributed by atoms with Gasteiger partial charge in [0.25, 0.3) is 0 Å². The molecule has 1 atom stereocenters. The minimum Gasteiger partial charge on any atom is -0.479 e. The minimum absolute atomic E-state index is 0.204. The van der Waals surface area contributed by atoms with Crippen LogP contribution in [0.2, 0.25) is 0 Å². The lowest BCUT2D eigenvalue weighted by Gasteiger charge is -2.33. The van der Waals surface area contributed by atoms with Crippen LogP contribution in [0.4, 0.5) is 5.69 Å². The number of hydrogen-bond acceptors (Lipinski definition) is 5. The number of likely N-dealkylation sites (tertiary alicyclic amines) is 1. The first-order chi connectivity index (χ1) is 9.90. The number of carboxylic acids is 1. The van der Waals surface area contributed by atoms with Crippen molar-refractivity contribution in [2.75, 3.05) is 6.54 Å². The van der Waals surface area contributed by atoms with Crippen molar-refractivity contribution in [3.63, 3.8) is 0 Å². The molecule has 9 heteroatoms. The van der Waals surface area contributed by atoms with Crippen molar-refractivity contribution in [1.29, 1.82) is 0 Å². The van der Waals surface area contributed by atoms with E-state index in [2.05, 4.69) is 5.10 Å². The number of aliphatic carboxylic acids is 1. The first-order valence-corrected chi connectivity index (χ1v) is 6.61. The highest BCUT2D eigenvalue weighted by Crippen LogP contribution is 2.33. The SMILES string of the molecule is CCC1(C(=O)O)CCCN1C(=O)Cn1cc([N+](=O)[O-])cn1. The van der Waals surface area contributed by atoms with E-state index in [1.54, 1.807) is 6.92 Å². The largest absolute Gasteiger partial charge is 0.479 e. The lowest BCUT2D eigenvalue weighted by Crippen LogP contribution is -2.53. The fourth-order valence-corrected chi connectivity index (χ4v) is 2.74. The number of amides is 1. The minimum atomic E-state index is -1.17. The number of aromatic nitrogens is 2. The van der Waals surface area contributed by atoms with Crippen LogP contribution in [0, 0.1) is 10.1 Å². The molecule has 1 N–H and O–H groups in total. The molecule has 1 aromatic heterocycles. The zero-order chi connectivity index (χ0) is 15.6. The molecule has 1 aromatic rings. The molecule has 1 amide bonds. The van der Waals surface area contributed by atoms with Crippen LogP contribution >= 0.6 is 0 Å². The molecule has 1 saturated heterocycles. The van der Waals surface area contributed by atoms with Crippen LogP contribution in [0.5, 0.6) is 0 Å². The van der Waals surface area contributed by atoms with Crippen LogP contribution < -0.4 is 0 Å². The smallest absolute Gasteiger partial charge is 0.329 e. The summed E-state index contributed by atoms with van der Waals surface area (Å²) in [7, 11) is 0. The van der Waals surface area contributed by atoms with E-state index in [4.69, 9.17) is 0 Å². The van der Waals surface area contributed by atoms with Crippen LogP contribution in [0.25, 0.3) is 0 Å². The molecule has 1 aliphatic rings. The number of carboxylic acid groups (broad SMARTS) is 1. The maximum absolute atomic E-state index is 12.3. The third-order valence-corrected chi connectivity index (χ3v) is 3.90. The Morgan fingerprint density at radius 1 is 1.57 bits per heavy atom. The predicted molar refractivity (Wildman–Crippen MR) is 70.5 cm³/mol. The van der Waals surface area contributed by atoms with Gasteiger partial charge in [0.1, 0.15) is 24.5 Å². The van der Waals surface area contributed by atoms with Gasteiger partial charge in [0, 0.05) is 6.54 Å². The van der Waals surface area contributed by atoms with Gasteiger partial charge >= 0.3 is 11.7 Å². The average Bonchev–Trinajstić information content (AvgIpc) is 3.04. The Hall–Kier alpha value is -2.45. The van der Waals surface area contributed by atoms with Crippen molar-refractivity contribution >= 4 is 17.6 Å². The molecule has 1 unspecified atom stereocenters. The van der Waals surface area contributed by atoms with Crippen molar-refractivity contribution < 1.29 is 19.6 Å². The molecule has 0 aromatic carbocycles. The van der Waals surface area contributed by atoms with E-state index in [0.717, 1.165) is 17.1 Å². The summed E-state index contributed by atoms with van der Waals surface area (Å²) in [5.74, 6) is -1.41. The van der Waals surface area contributed by atoms with Crippen LogP contribution in [0.1, 0.15) is 26.2 Å². The number of nitrogens with zero attached hydrogens (tertiary/aromatic N) is 4. The molecule has 0 radical (unpaired) electrons. The lowest BCUT2D eigenvalue weighted by molar-refractivity contribution is -0.385. The second-order valence-electron chi connectivity index (χ2n) is 4.99. The second-order valence-corrected chi connectivity index (χ2v) is 4.99. The molecule has 21 heavy (non-hydrogen) atoms. The van der Waals surface area contributed by atoms with E-state index in [1.165, 1.54) is 4.90 Å². The molecule has 2 heterocycles. The summed E-state index contributed by atoms with van der Waals surface area (Å²) in [4.78, 5) is 35.1. The van der Waals surface area contributed by atoms with Crippen molar-refractivity contribution in [2.45, 2.75) is 38.3 Å². The average molecular weight is 296 g/mol. The number of carbonyl (C=O) groups is 2. The monoisotopic (exact) mass is 296 g/mol. The molecule has 0 bridgehead atoms. The van der Waals surface area contributed by atoms with E-state index in [-0.39, 0.29) is 12.2 Å². The zero-order valence-corrected chi connectivity index (χ0v) is 11.6. The quantitative estimate of drug-likeness (QED) is 0.629. The van der Waals surface area contributed by atoms with E-state index in [9.17, 15) is 24.8 Å². The normalized spacial score (nSPS) is 21.5. The van der Waals surface area contributed by atoms with E-state index < -0.39 is 22.3 Å². The van der Waals surface area contributed by atoms with Crippen LogP contribution in [-0.2, 0) is 16.1 Å². The zero-order valence-electron chi connectivity index (χ0n) is 11.6. The fourth-order valence-electron chi connectivity index (χ4n) is 2.74. The predicted octanol–water partition coefficient (Wildman–Crippen LogP) is 0.647. The Kier molecular flexibility index (Phi) is 3.92. The summed E-state index contributed by atoms with van der Waals surface area (Å²) in [6.45, 7) is 1.91. The van der Waals surface area contributed by atoms with Crippen molar-refractivity contribution in [2.24, 2.45) is 0 Å². The summed E-state index contributed by atoms with van der Waals surface area (Å²) in [6, 6.07) is 0. The van der Waals surface area contributed by atoms with Crippen molar-refractivity contribution in [3.05, 3.63) is 22.5 Å². The van der Waals surface area contributed by atoms with Gasteiger partial charge < -0.3 is 10.0 Å². The van der Waals surface area contributed by atoms with Gasteiger partial charge in [0.15, 0.2) is 0 Å². The topological polar surface area (TPSA) is 119 Å². The maximum atomic E-state index is 12.3. The van der Waals surface area contributed by atoms with Gasteiger partial charge in [-0.2, -0.15) is 5.10 Å². The Morgan fingerprint density at radius 3 is 2.81 bits per heavy atom. The van der Waals surface area contributed by atoms with E-state index in [0.29, 0.717) is 25.8 Å². The first kappa shape index (κ1) is 14.9. The molecule has 1 fully saturated rings. The van der Waals surface area contributed by atoms with Crippen LogP contribution in [-0.4, -0.2) is 48.7 Å². The van der Waals surface area contributed by atoms with E-state index >= 15 is 0 Å². The molecule has 9 nitrogen and oxygen atoms in total. The molecule has 1 aliphatic heterocycles. The fraction of sp³-hybridized carbons (Fsp3) is 0.583. The molecule has 0 spiro atoms. The van der Waals surface area contributed by atoms with Gasteiger partial charge in [0.2, 0.25) is 5.91 Å². The highest BCUT2D eigenvalue weighted by molar-refractivity contribution is 5.87. The number of nitro groups is 1. The van der Waals surface area contributed by atoms with Gasteiger partial charge in [-0.25, -0.2) is 4.79 Å². The standard InChI is InChI=1S/C12H16N4O5/c1-2-12(11(18)19)4-3-5-15(12)10(17)8-14-7-9(6-13-14)16(20)21/h6-7H,2-5,8H2,1H3,(H,18,19). The summed E-state index contributed by atoms with van der Waals surface area (Å²) in [6.07, 6.45) is 3.59. The maximum Gasteiger partial charge on any atom is 0.329 e. The van der Waals surface area contributed by atoms with Gasteiger partial charge in [-0.1, -0.05) is 6.92 Å². The van der Waals surface area contributed by atoms with Crippen molar-refractivity contribution in [3.8, 4) is 0 Å². The molecule has 114 valence electrons. The molecule has 0 aliphatic carbocycles. The molecular formula is C12H16N4O5. The Morgan fingerprint density at radius 2 is 2.29 bits per heavy atom. The van der Waals surface area contributed by atoms with Gasteiger partial charge in [0.05, 0.1) is 4.92 Å². The van der Waals surface area contributed by atoms with Gasteiger partial charge in [-0.3, -0.25) is 19.6 Å². The third kappa shape index (κ3) is 2.58. The summed E-state index contributed by atoms with van der Waals surface area (Å²) in [5, 5.41) is 23.7. The summed E-state index contributed by atoms with van der Waals surface area (Å²) >= 11 is 0. The molecular weight excluding hydrogens is 280 g/mol. The van der Waals surface area contributed by atoms with Crippen LogP contribution in [0.3, 0.4) is 0 Å². The highest BCUT2D eigenvalue weighted by Gasteiger charge is 2.48. The molecule has 0 saturated carbocycles. The number of hydrogen-bond donors (Lipinski definition) is 1. The second kappa shape index (κ2) is 5.51. The summed E-state index contributed by atoms with van der Waals surface area (Å²) in [5.41, 5.74) is -1.37. The highest BCUT2D eigenvalue weighted by atomic mass is 16.6. The first-order valence-electron chi connectivity index (χ1n) is 6.61. The van der Waals surface area contributed by atoms with Crippen molar-refractivity contribution in [1.82, 2.24) is 14.7 Å². The third-order valence-electron chi connectivity index (χ3n) is 3.90. The number of carbonyl (C=O) groups excluding carboxylic acids is 1. The van der Waals surface area contributed by atoms with Gasteiger partial charge in [-0.05, 0) is 19.3 Å². The van der Waals surface area contributed by atoms with Crippen LogP contribution in [0.15, 0.2) is 12.4 Å².